The summed E-state index contributed by atoms with van der Waals surface area (Å²) in [6.45, 7) is 0. The highest BCUT2D eigenvalue weighted by molar-refractivity contribution is 5.87. The zero-order valence-electron chi connectivity index (χ0n) is 12.0. The highest BCUT2D eigenvalue weighted by atomic mass is 16.5. The van der Waals surface area contributed by atoms with Gasteiger partial charge in [0.25, 0.3) is 0 Å². The van der Waals surface area contributed by atoms with Gasteiger partial charge in [0.2, 0.25) is 5.76 Å². The summed E-state index contributed by atoms with van der Waals surface area (Å²) in [6, 6.07) is 20.3. The standard InChI is InChI=1S/C18H14O4/c1-20-18(19)17-12-11-16(22-17)14-9-5-6-10-15(14)21-13-7-3-2-4-8-13/h2-12H,1H3. The van der Waals surface area contributed by atoms with Gasteiger partial charge in [0, 0.05) is 0 Å². The number of benzene rings is 2. The Morgan fingerprint density at radius 3 is 2.41 bits per heavy atom. The number of hydrogen-bond donors (Lipinski definition) is 0. The van der Waals surface area contributed by atoms with E-state index in [0.717, 1.165) is 11.3 Å². The van der Waals surface area contributed by atoms with Gasteiger partial charge >= 0.3 is 5.97 Å². The van der Waals surface area contributed by atoms with Crippen LogP contribution in [0.2, 0.25) is 0 Å². The Labute approximate surface area is 127 Å². The lowest BCUT2D eigenvalue weighted by Gasteiger charge is -2.09. The van der Waals surface area contributed by atoms with Crippen LogP contribution in [0.3, 0.4) is 0 Å². The quantitative estimate of drug-likeness (QED) is 0.663. The van der Waals surface area contributed by atoms with E-state index in [1.54, 1.807) is 12.1 Å². The van der Waals surface area contributed by atoms with Gasteiger partial charge in [0.1, 0.15) is 17.3 Å². The Morgan fingerprint density at radius 1 is 0.909 bits per heavy atom. The molecule has 0 bridgehead atoms. The number of methoxy groups -OCH3 is 1. The van der Waals surface area contributed by atoms with Crippen LogP contribution < -0.4 is 4.74 Å². The molecule has 0 atom stereocenters. The van der Waals surface area contributed by atoms with Crippen molar-refractivity contribution in [3.8, 4) is 22.8 Å². The van der Waals surface area contributed by atoms with E-state index >= 15 is 0 Å². The lowest BCUT2D eigenvalue weighted by molar-refractivity contribution is 0.0566. The second kappa shape index (κ2) is 6.18. The van der Waals surface area contributed by atoms with E-state index in [-0.39, 0.29) is 5.76 Å². The Hall–Kier alpha value is -3.01. The summed E-state index contributed by atoms with van der Waals surface area (Å²) in [6.07, 6.45) is 0. The molecular formula is C18H14O4. The number of esters is 1. The number of hydrogen-bond acceptors (Lipinski definition) is 4. The molecule has 0 radical (unpaired) electrons. The summed E-state index contributed by atoms with van der Waals surface area (Å²) >= 11 is 0. The number of ether oxygens (including phenoxy) is 2. The van der Waals surface area contributed by atoms with Crippen molar-refractivity contribution >= 4 is 5.97 Å². The molecule has 0 amide bonds. The van der Waals surface area contributed by atoms with E-state index in [1.165, 1.54) is 7.11 Å². The first-order chi connectivity index (χ1) is 10.8. The average molecular weight is 294 g/mol. The summed E-state index contributed by atoms with van der Waals surface area (Å²) in [7, 11) is 1.32. The number of para-hydroxylation sites is 2. The largest absolute Gasteiger partial charge is 0.463 e. The molecule has 0 unspecified atom stereocenters. The Morgan fingerprint density at radius 2 is 1.64 bits per heavy atom. The van der Waals surface area contributed by atoms with Crippen LogP contribution in [-0.4, -0.2) is 13.1 Å². The van der Waals surface area contributed by atoms with Crippen molar-refractivity contribution in [2.24, 2.45) is 0 Å². The fourth-order valence-corrected chi connectivity index (χ4v) is 2.07. The van der Waals surface area contributed by atoms with Crippen LogP contribution in [0.1, 0.15) is 10.6 Å². The fourth-order valence-electron chi connectivity index (χ4n) is 2.07. The van der Waals surface area contributed by atoms with E-state index < -0.39 is 5.97 Å². The minimum absolute atomic E-state index is 0.159. The van der Waals surface area contributed by atoms with Gasteiger partial charge in [-0.3, -0.25) is 0 Å². The van der Waals surface area contributed by atoms with Crippen LogP contribution >= 0.6 is 0 Å². The lowest BCUT2D eigenvalue weighted by Crippen LogP contribution is -1.98. The number of furan rings is 1. The topological polar surface area (TPSA) is 48.7 Å². The van der Waals surface area contributed by atoms with Crippen molar-refractivity contribution in [3.05, 3.63) is 72.5 Å². The Kier molecular flexibility index (Phi) is 3.92. The fraction of sp³-hybridized carbons (Fsp3) is 0.0556. The lowest BCUT2D eigenvalue weighted by atomic mass is 10.1. The molecule has 110 valence electrons. The van der Waals surface area contributed by atoms with Gasteiger partial charge < -0.3 is 13.9 Å². The molecule has 0 N–H and O–H groups in total. The smallest absolute Gasteiger partial charge is 0.373 e. The summed E-state index contributed by atoms with van der Waals surface area (Å²) in [5.41, 5.74) is 0.765. The van der Waals surface area contributed by atoms with Crippen LogP contribution in [0.25, 0.3) is 11.3 Å². The maximum Gasteiger partial charge on any atom is 0.373 e. The van der Waals surface area contributed by atoms with Gasteiger partial charge in [-0.15, -0.1) is 0 Å². The normalized spacial score (nSPS) is 10.2. The highest BCUT2D eigenvalue weighted by Gasteiger charge is 2.15. The molecule has 22 heavy (non-hydrogen) atoms. The monoisotopic (exact) mass is 294 g/mol. The van der Waals surface area contributed by atoms with E-state index in [9.17, 15) is 4.79 Å². The van der Waals surface area contributed by atoms with Crippen LogP contribution in [-0.2, 0) is 4.74 Å². The Balaban J connectivity index is 1.94. The molecule has 3 rings (SSSR count). The van der Waals surface area contributed by atoms with E-state index in [0.29, 0.717) is 11.5 Å². The molecule has 4 heteroatoms. The SMILES string of the molecule is COC(=O)c1ccc(-c2ccccc2Oc2ccccc2)o1. The first-order valence-electron chi connectivity index (χ1n) is 6.78. The summed E-state index contributed by atoms with van der Waals surface area (Å²) in [5, 5.41) is 0. The summed E-state index contributed by atoms with van der Waals surface area (Å²) in [4.78, 5) is 11.5. The predicted molar refractivity (Wildman–Crippen MR) is 82.0 cm³/mol. The molecule has 0 aliphatic rings. The van der Waals surface area contributed by atoms with Gasteiger partial charge in [0.15, 0.2) is 0 Å². The third-order valence-corrected chi connectivity index (χ3v) is 3.12. The zero-order chi connectivity index (χ0) is 15.4. The van der Waals surface area contributed by atoms with E-state index in [1.807, 2.05) is 54.6 Å². The maximum atomic E-state index is 11.5. The third-order valence-electron chi connectivity index (χ3n) is 3.12. The van der Waals surface area contributed by atoms with Gasteiger partial charge in [-0.1, -0.05) is 30.3 Å². The minimum Gasteiger partial charge on any atom is -0.463 e. The molecule has 2 aromatic carbocycles. The van der Waals surface area contributed by atoms with Gasteiger partial charge in [-0.25, -0.2) is 4.79 Å². The molecule has 0 saturated heterocycles. The van der Waals surface area contributed by atoms with E-state index in [4.69, 9.17) is 9.15 Å². The highest BCUT2D eigenvalue weighted by Crippen LogP contribution is 2.34. The molecular weight excluding hydrogens is 280 g/mol. The average Bonchev–Trinajstić information content (AvgIpc) is 3.05. The zero-order valence-corrected chi connectivity index (χ0v) is 12.0. The summed E-state index contributed by atoms with van der Waals surface area (Å²) in [5.74, 6) is 1.58. The third kappa shape index (κ3) is 2.86. The molecule has 0 fully saturated rings. The number of carbonyl (C=O) groups is 1. The first-order valence-corrected chi connectivity index (χ1v) is 6.78. The van der Waals surface area contributed by atoms with E-state index in [2.05, 4.69) is 4.74 Å². The molecule has 1 heterocycles. The van der Waals surface area contributed by atoms with Crippen LogP contribution in [0.15, 0.2) is 71.1 Å². The van der Waals surface area contributed by atoms with Crippen LogP contribution in [0.5, 0.6) is 11.5 Å². The van der Waals surface area contributed by atoms with Crippen LogP contribution in [0, 0.1) is 0 Å². The molecule has 0 aliphatic carbocycles. The molecule has 1 aromatic heterocycles. The van der Waals surface area contributed by atoms with Crippen molar-refractivity contribution < 1.29 is 18.7 Å². The van der Waals surface area contributed by atoms with Crippen molar-refractivity contribution in [2.45, 2.75) is 0 Å². The van der Waals surface area contributed by atoms with Gasteiger partial charge in [0.05, 0.1) is 12.7 Å². The van der Waals surface area contributed by atoms with Crippen molar-refractivity contribution in [1.82, 2.24) is 0 Å². The molecule has 4 nitrogen and oxygen atoms in total. The second-order valence-corrected chi connectivity index (χ2v) is 4.57. The van der Waals surface area contributed by atoms with Crippen LogP contribution in [0.4, 0.5) is 0 Å². The molecule has 0 spiro atoms. The Bertz CT molecular complexity index is 775. The minimum atomic E-state index is -0.507. The molecule has 0 aliphatic heterocycles. The van der Waals surface area contributed by atoms with Gasteiger partial charge in [-0.2, -0.15) is 0 Å². The number of rotatable bonds is 4. The van der Waals surface area contributed by atoms with Crippen molar-refractivity contribution in [3.63, 3.8) is 0 Å². The summed E-state index contributed by atoms with van der Waals surface area (Å²) < 4.78 is 16.1. The molecule has 3 aromatic rings. The maximum absolute atomic E-state index is 11.5. The first kappa shape index (κ1) is 13.9. The van der Waals surface area contributed by atoms with Gasteiger partial charge in [-0.05, 0) is 36.4 Å². The van der Waals surface area contributed by atoms with Crippen molar-refractivity contribution in [1.29, 1.82) is 0 Å². The van der Waals surface area contributed by atoms with Crippen molar-refractivity contribution in [2.75, 3.05) is 7.11 Å². The second-order valence-electron chi connectivity index (χ2n) is 4.57. The number of carbonyl (C=O) groups excluding carboxylic acids is 1. The predicted octanol–water partition coefficient (Wildman–Crippen LogP) is 4.53. The molecule has 0 saturated carbocycles.